The highest BCUT2D eigenvalue weighted by atomic mass is 79.9. The number of nitrogens with one attached hydrogen (secondary N) is 2. The van der Waals surface area contributed by atoms with Crippen LogP contribution in [0.15, 0.2) is 82.2 Å². The van der Waals surface area contributed by atoms with Crippen LogP contribution in [0.3, 0.4) is 0 Å². The number of halogens is 1. The topological polar surface area (TPSA) is 105 Å². The van der Waals surface area contributed by atoms with Gasteiger partial charge in [0.05, 0.1) is 18.2 Å². The summed E-state index contributed by atoms with van der Waals surface area (Å²) in [7, 11) is -4.03. The Morgan fingerprint density at radius 3 is 2.56 bits per heavy atom. The van der Waals surface area contributed by atoms with Crippen molar-refractivity contribution >= 4 is 49.2 Å². The normalized spacial score (nSPS) is 16.4. The molecule has 0 saturated carbocycles. The summed E-state index contributed by atoms with van der Waals surface area (Å²) in [5.41, 5.74) is 2.07. The monoisotopic (exact) mass is 613 g/mol. The smallest absolute Gasteiger partial charge is 0.310 e. The van der Waals surface area contributed by atoms with Crippen molar-refractivity contribution in [2.24, 2.45) is 5.92 Å². The number of anilines is 2. The van der Waals surface area contributed by atoms with Crippen LogP contribution in [-0.2, 0) is 19.6 Å². The quantitative estimate of drug-likeness (QED) is 0.308. The van der Waals surface area contributed by atoms with Gasteiger partial charge in [0.1, 0.15) is 4.90 Å². The first kappa shape index (κ1) is 28.8. The lowest BCUT2D eigenvalue weighted by Crippen LogP contribution is -2.40. The summed E-state index contributed by atoms with van der Waals surface area (Å²) in [6.45, 7) is 4.78. The molecule has 1 saturated heterocycles. The van der Waals surface area contributed by atoms with Gasteiger partial charge in [0.15, 0.2) is 0 Å². The molecule has 2 N–H and O–H groups in total. The second-order valence-corrected chi connectivity index (χ2v) is 12.0. The van der Waals surface area contributed by atoms with E-state index in [0.717, 1.165) is 16.5 Å². The van der Waals surface area contributed by atoms with Gasteiger partial charge in [-0.1, -0.05) is 52.3 Å². The number of ether oxygens (including phenoxy) is 1. The number of hydrogen-bond acceptors (Lipinski definition) is 6. The largest absolute Gasteiger partial charge is 0.466 e. The molecule has 10 heteroatoms. The van der Waals surface area contributed by atoms with Crippen LogP contribution in [0.2, 0.25) is 0 Å². The second kappa shape index (κ2) is 12.8. The molecular weight excluding hydrogens is 582 g/mol. The van der Waals surface area contributed by atoms with E-state index in [4.69, 9.17) is 4.74 Å². The molecule has 0 radical (unpaired) electrons. The number of carbonyl (C=O) groups excluding carboxylic acids is 2. The maximum Gasteiger partial charge on any atom is 0.310 e. The van der Waals surface area contributed by atoms with Gasteiger partial charge >= 0.3 is 5.97 Å². The van der Waals surface area contributed by atoms with Crippen LogP contribution in [0.1, 0.15) is 48.7 Å². The van der Waals surface area contributed by atoms with Crippen molar-refractivity contribution in [2.75, 3.05) is 29.9 Å². The number of benzene rings is 3. The zero-order chi connectivity index (χ0) is 28.0. The van der Waals surface area contributed by atoms with Crippen molar-refractivity contribution in [3.8, 4) is 0 Å². The second-order valence-electron chi connectivity index (χ2n) is 9.44. The summed E-state index contributed by atoms with van der Waals surface area (Å²) in [6.07, 6.45) is 1.40. The number of rotatable bonds is 9. The Kier molecular flexibility index (Phi) is 9.42. The first-order valence-corrected chi connectivity index (χ1v) is 15.2. The third-order valence-electron chi connectivity index (χ3n) is 6.61. The Morgan fingerprint density at radius 1 is 1.08 bits per heavy atom. The number of carbonyl (C=O) groups is 2. The van der Waals surface area contributed by atoms with E-state index in [0.29, 0.717) is 43.1 Å². The van der Waals surface area contributed by atoms with Crippen LogP contribution in [0.5, 0.6) is 0 Å². The van der Waals surface area contributed by atoms with Gasteiger partial charge in [-0.25, -0.2) is 13.1 Å². The summed E-state index contributed by atoms with van der Waals surface area (Å²) < 4.78 is 36.4. The molecule has 1 amide bonds. The summed E-state index contributed by atoms with van der Waals surface area (Å²) in [5, 5.41) is 2.81. The first-order chi connectivity index (χ1) is 18.7. The van der Waals surface area contributed by atoms with Crippen molar-refractivity contribution in [3.63, 3.8) is 0 Å². The molecule has 1 aliphatic heterocycles. The van der Waals surface area contributed by atoms with E-state index >= 15 is 0 Å². The van der Waals surface area contributed by atoms with Gasteiger partial charge in [-0.3, -0.25) is 9.59 Å². The molecule has 1 aliphatic rings. The predicted molar refractivity (Wildman–Crippen MR) is 155 cm³/mol. The molecule has 0 aliphatic carbocycles. The van der Waals surface area contributed by atoms with Gasteiger partial charge in [0, 0.05) is 34.9 Å². The number of hydrogen-bond donors (Lipinski definition) is 2. The number of amides is 1. The molecule has 1 fully saturated rings. The lowest BCUT2D eigenvalue weighted by molar-refractivity contribution is -0.148. The van der Waals surface area contributed by atoms with Gasteiger partial charge in [-0.05, 0) is 68.7 Å². The fraction of sp³-hybridized carbons (Fsp3) is 0.310. The molecule has 0 unspecified atom stereocenters. The number of piperidine rings is 1. The van der Waals surface area contributed by atoms with Gasteiger partial charge in [-0.15, -0.1) is 0 Å². The molecule has 0 spiro atoms. The summed E-state index contributed by atoms with van der Waals surface area (Å²) >= 11 is 3.37. The molecule has 2 atom stereocenters. The standard InChI is InChI=1S/C29H32BrN3O5S/c1-3-38-29(35)23-12-8-16-33(19-23)26-15-14-25(31-28(34)22-11-7-13-24(30)17-22)18-27(26)39(36,37)32-20(2)21-9-5-4-6-10-21/h4-7,9-11,13-15,17-18,20,23,32H,3,8,12,16,19H2,1-2H3,(H,31,34)/t20-,23+/m0/s1. The van der Waals surface area contributed by atoms with E-state index < -0.39 is 16.1 Å². The van der Waals surface area contributed by atoms with Crippen molar-refractivity contribution < 1.29 is 22.7 Å². The fourth-order valence-corrected chi connectivity index (χ4v) is 6.54. The Balaban J connectivity index is 1.68. The van der Waals surface area contributed by atoms with E-state index in [9.17, 15) is 18.0 Å². The Morgan fingerprint density at radius 2 is 1.85 bits per heavy atom. The molecule has 39 heavy (non-hydrogen) atoms. The minimum absolute atomic E-state index is 0.0295. The molecular formula is C29H32BrN3O5S. The minimum Gasteiger partial charge on any atom is -0.466 e. The van der Waals surface area contributed by atoms with Gasteiger partial charge in [-0.2, -0.15) is 0 Å². The first-order valence-electron chi connectivity index (χ1n) is 12.9. The molecule has 4 rings (SSSR count). The van der Waals surface area contributed by atoms with E-state index in [1.165, 1.54) is 6.07 Å². The highest BCUT2D eigenvalue weighted by molar-refractivity contribution is 9.10. The molecule has 1 heterocycles. The summed E-state index contributed by atoms with van der Waals surface area (Å²) in [4.78, 5) is 27.3. The number of esters is 1. The van der Waals surface area contributed by atoms with Gasteiger partial charge in [0.25, 0.3) is 5.91 Å². The molecule has 0 bridgehead atoms. The van der Waals surface area contributed by atoms with Crippen molar-refractivity contribution in [2.45, 2.75) is 37.6 Å². The van der Waals surface area contributed by atoms with E-state index in [1.54, 1.807) is 44.2 Å². The molecule has 0 aromatic heterocycles. The molecule has 3 aromatic carbocycles. The number of nitrogens with zero attached hydrogens (tertiary/aromatic N) is 1. The Hall–Kier alpha value is -3.21. The third-order valence-corrected chi connectivity index (χ3v) is 8.67. The van der Waals surface area contributed by atoms with Crippen LogP contribution in [0, 0.1) is 5.92 Å². The zero-order valence-electron chi connectivity index (χ0n) is 21.9. The lowest BCUT2D eigenvalue weighted by atomic mass is 9.97. The lowest BCUT2D eigenvalue weighted by Gasteiger charge is -2.34. The number of sulfonamides is 1. The molecule has 8 nitrogen and oxygen atoms in total. The van der Waals surface area contributed by atoms with E-state index in [2.05, 4.69) is 26.0 Å². The van der Waals surface area contributed by atoms with Gasteiger partial charge < -0.3 is 15.0 Å². The predicted octanol–water partition coefficient (Wildman–Crippen LogP) is 5.52. The maximum atomic E-state index is 13.8. The maximum absolute atomic E-state index is 13.8. The zero-order valence-corrected chi connectivity index (χ0v) is 24.3. The van der Waals surface area contributed by atoms with Crippen LogP contribution in [0.4, 0.5) is 11.4 Å². The van der Waals surface area contributed by atoms with Crippen LogP contribution in [0.25, 0.3) is 0 Å². The molecule has 206 valence electrons. The summed E-state index contributed by atoms with van der Waals surface area (Å²) in [6, 6.07) is 20.6. The van der Waals surface area contributed by atoms with Crippen molar-refractivity contribution in [1.82, 2.24) is 4.72 Å². The molecule has 3 aromatic rings. The van der Waals surface area contributed by atoms with Gasteiger partial charge in [0.2, 0.25) is 10.0 Å². The van der Waals surface area contributed by atoms with E-state index in [-0.39, 0.29) is 22.7 Å². The van der Waals surface area contributed by atoms with Crippen LogP contribution < -0.4 is 14.9 Å². The summed E-state index contributed by atoms with van der Waals surface area (Å²) in [5.74, 6) is -0.986. The van der Waals surface area contributed by atoms with Crippen molar-refractivity contribution in [1.29, 1.82) is 0 Å². The average Bonchev–Trinajstić information content (AvgIpc) is 2.93. The Labute approximate surface area is 237 Å². The van der Waals surface area contributed by atoms with Crippen LogP contribution >= 0.6 is 15.9 Å². The third kappa shape index (κ3) is 7.26. The Bertz CT molecular complexity index is 1430. The highest BCUT2D eigenvalue weighted by Gasteiger charge is 2.31. The highest BCUT2D eigenvalue weighted by Crippen LogP contribution is 2.33. The fourth-order valence-electron chi connectivity index (χ4n) is 4.66. The SMILES string of the molecule is CCOC(=O)[C@@H]1CCCN(c2ccc(NC(=O)c3cccc(Br)c3)cc2S(=O)(=O)N[C@@H](C)c2ccccc2)C1. The van der Waals surface area contributed by atoms with E-state index in [1.807, 2.05) is 41.3 Å². The van der Waals surface area contributed by atoms with Crippen LogP contribution in [-0.4, -0.2) is 40.0 Å². The minimum atomic E-state index is -4.03. The van der Waals surface area contributed by atoms with Crippen molar-refractivity contribution in [3.05, 3.63) is 88.4 Å². The average molecular weight is 615 g/mol.